The van der Waals surface area contributed by atoms with Gasteiger partial charge in [0.2, 0.25) is 16.9 Å². The van der Waals surface area contributed by atoms with Crippen LogP contribution in [0.15, 0.2) is 24.8 Å². The second-order valence-corrected chi connectivity index (χ2v) is 17.3. The smallest absolute Gasteiger partial charge is 0.386 e. The van der Waals surface area contributed by atoms with Gasteiger partial charge in [-0.2, -0.15) is 4.31 Å². The largest absolute Gasteiger partial charge is 0.481 e. The molecule has 3 rings (SSSR count). The molecule has 0 radical (unpaired) electrons. The lowest BCUT2D eigenvalue weighted by Crippen LogP contribution is -2.46. The maximum atomic E-state index is 12.6. The van der Waals surface area contributed by atoms with E-state index in [4.69, 9.17) is 19.5 Å². The maximum absolute atomic E-state index is 12.6. The van der Waals surface area contributed by atoms with Crippen LogP contribution in [0.25, 0.3) is 11.2 Å². The highest BCUT2D eigenvalue weighted by molar-refractivity contribution is 8.14. The number of hydrogen-bond donors (Lipinski definition) is 9. The summed E-state index contributed by atoms with van der Waals surface area (Å²) in [6.07, 6.45) is -6.93. The molecule has 28 heteroatoms. The third-order valence-electron chi connectivity index (χ3n) is 7.08. The summed E-state index contributed by atoms with van der Waals surface area (Å²) in [6.45, 7) is 5.52. The zero-order valence-electron chi connectivity index (χ0n) is 28.3. The summed E-state index contributed by atoms with van der Waals surface area (Å²) in [4.78, 5) is 86.8. The van der Waals surface area contributed by atoms with Crippen molar-refractivity contribution in [3.05, 3.63) is 24.8 Å². The van der Waals surface area contributed by atoms with Crippen LogP contribution in [-0.2, 0) is 50.7 Å². The summed E-state index contributed by atoms with van der Waals surface area (Å²) >= 11 is 0.979. The van der Waals surface area contributed by atoms with Gasteiger partial charge >= 0.3 is 23.5 Å². The Kier molecular flexibility index (Phi) is 15.4. The predicted molar refractivity (Wildman–Crippen MR) is 182 cm³/mol. The van der Waals surface area contributed by atoms with E-state index in [1.807, 2.05) is 0 Å². The van der Waals surface area contributed by atoms with Gasteiger partial charge in [0.05, 0.1) is 19.5 Å². The molecular formula is C25H40N7O17P3S. The fourth-order valence-electron chi connectivity index (χ4n) is 4.40. The monoisotopic (exact) mass is 835 g/mol. The lowest BCUT2D eigenvalue weighted by atomic mass is 9.87. The third-order valence-corrected chi connectivity index (χ3v) is 11.2. The number of ether oxygens (including phenoxy) is 1. The minimum Gasteiger partial charge on any atom is -0.386 e. The van der Waals surface area contributed by atoms with Crippen LogP contribution in [0.4, 0.5) is 5.82 Å². The zero-order chi connectivity index (χ0) is 39.9. The highest BCUT2D eigenvalue weighted by Crippen LogP contribution is 2.61. The van der Waals surface area contributed by atoms with E-state index < -0.39 is 84.6 Å². The van der Waals surface area contributed by atoms with Gasteiger partial charge < -0.3 is 50.9 Å². The number of aromatic nitrogens is 4. The van der Waals surface area contributed by atoms with E-state index in [1.54, 1.807) is 6.92 Å². The summed E-state index contributed by atoms with van der Waals surface area (Å²) in [5, 5.41) is 26.0. The molecule has 7 atom stereocenters. The van der Waals surface area contributed by atoms with E-state index >= 15 is 0 Å². The number of phosphoric ester groups is 3. The van der Waals surface area contributed by atoms with Gasteiger partial charge in [0.25, 0.3) is 0 Å². The Morgan fingerprint density at radius 1 is 1.09 bits per heavy atom. The van der Waals surface area contributed by atoms with Crippen molar-refractivity contribution in [2.45, 2.75) is 57.8 Å². The second kappa shape index (κ2) is 18.3. The fourth-order valence-corrected chi connectivity index (χ4v) is 7.86. The number of amides is 2. The normalized spacial score (nSPS) is 22.1. The van der Waals surface area contributed by atoms with E-state index in [9.17, 15) is 57.9 Å². The second-order valence-electron chi connectivity index (χ2n) is 12.0. The molecule has 1 aliphatic rings. The first kappa shape index (κ1) is 44.7. The van der Waals surface area contributed by atoms with Crippen LogP contribution in [0.1, 0.15) is 33.4 Å². The average molecular weight is 836 g/mol. The number of aliphatic hydroxyl groups excluding tert-OH is 2. The number of aliphatic hydroxyl groups is 2. The van der Waals surface area contributed by atoms with Crippen molar-refractivity contribution < 1.29 is 80.5 Å². The quantitative estimate of drug-likeness (QED) is 0.0449. The Labute approximate surface area is 305 Å². The number of nitrogen functional groups attached to an aromatic ring is 1. The minimum absolute atomic E-state index is 0.0291. The molecule has 0 saturated carbocycles. The van der Waals surface area contributed by atoms with Crippen molar-refractivity contribution in [2.75, 3.05) is 37.8 Å². The van der Waals surface area contributed by atoms with Crippen LogP contribution in [0.3, 0.4) is 0 Å². The van der Waals surface area contributed by atoms with Crippen molar-refractivity contribution in [1.29, 1.82) is 0 Å². The van der Waals surface area contributed by atoms with Crippen LogP contribution in [0, 0.1) is 5.41 Å². The van der Waals surface area contributed by atoms with Crippen LogP contribution in [-0.4, -0.2) is 123 Å². The molecule has 2 aromatic heterocycles. The molecule has 0 aliphatic carbocycles. The zero-order valence-corrected chi connectivity index (χ0v) is 31.8. The summed E-state index contributed by atoms with van der Waals surface area (Å²) in [6, 6.07) is 0. The Hall–Kier alpha value is -2.70. The Bertz CT molecular complexity index is 1810. The molecule has 3 heterocycles. The lowest BCUT2D eigenvalue weighted by Gasteiger charge is -2.30. The van der Waals surface area contributed by atoms with Crippen molar-refractivity contribution in [2.24, 2.45) is 5.41 Å². The number of carbonyl (C=O) groups excluding carboxylic acids is 3. The summed E-state index contributed by atoms with van der Waals surface area (Å²) in [7, 11) is -16.4. The number of imidazole rings is 1. The van der Waals surface area contributed by atoms with Gasteiger partial charge in [-0.15, -0.1) is 0 Å². The molecule has 2 amide bonds. The Balaban J connectivity index is 1.53. The first-order valence-corrected chi connectivity index (χ1v) is 20.7. The van der Waals surface area contributed by atoms with Crippen molar-refractivity contribution in [3.63, 3.8) is 0 Å². The summed E-state index contributed by atoms with van der Waals surface area (Å²) in [5.41, 5.74) is 4.62. The number of rotatable bonds is 20. The number of phosphoric acid groups is 3. The number of carbonyl (C=O) groups is 3. The summed E-state index contributed by atoms with van der Waals surface area (Å²) < 4.78 is 61.9. The molecule has 1 fully saturated rings. The predicted octanol–water partition coefficient (Wildman–Crippen LogP) is -0.759. The van der Waals surface area contributed by atoms with Gasteiger partial charge in [0, 0.05) is 30.7 Å². The van der Waals surface area contributed by atoms with E-state index in [2.05, 4.69) is 41.0 Å². The molecule has 0 aromatic carbocycles. The number of fused-ring (bicyclic) bond motifs is 1. The van der Waals surface area contributed by atoms with Crippen LogP contribution in [0.2, 0.25) is 0 Å². The molecule has 6 unspecified atom stereocenters. The molecule has 2 aromatic rings. The van der Waals surface area contributed by atoms with Crippen molar-refractivity contribution in [1.82, 2.24) is 30.2 Å². The van der Waals surface area contributed by atoms with Crippen LogP contribution >= 0.6 is 35.2 Å². The van der Waals surface area contributed by atoms with E-state index in [0.717, 1.165) is 29.0 Å². The minimum atomic E-state index is -5.57. The van der Waals surface area contributed by atoms with E-state index in [0.29, 0.717) is 11.3 Å². The summed E-state index contributed by atoms with van der Waals surface area (Å²) in [5.74, 6) is -1.17. The fraction of sp³-hybridized carbons (Fsp3) is 0.600. The van der Waals surface area contributed by atoms with Crippen LogP contribution in [0.5, 0.6) is 0 Å². The molecule has 0 spiro atoms. The van der Waals surface area contributed by atoms with Gasteiger partial charge in [-0.1, -0.05) is 32.2 Å². The number of nitrogens with one attached hydrogen (secondary N) is 2. The van der Waals surface area contributed by atoms with Gasteiger partial charge in [-0.05, 0) is 12.5 Å². The Morgan fingerprint density at radius 2 is 1.75 bits per heavy atom. The molecule has 298 valence electrons. The molecule has 1 saturated heterocycles. The topological polar surface area (TPSA) is 364 Å². The van der Waals surface area contributed by atoms with Gasteiger partial charge in [0.15, 0.2) is 17.7 Å². The number of nitrogens with two attached hydrogens (primary N) is 1. The number of nitrogens with zero attached hydrogens (tertiary/aromatic N) is 4. The standard InChI is InChI=1S/C25H40N7O17P3S/c1-13(2)24(37)53-8-7-27-15(33)5-6-28-22(36)19(35)25(3,4)10-46-52(43,44)49-51(41,42)45-9-14-18(48-50(38,39)40)17(34)23(47-14)32-12-31-16-20(26)29-11-30-21(16)32/h11-12,14,17-19,23,34-35H,1,5-10H2,2-4H3,(H,27,33)(H,28,36)(H,41,42)(H,43,44)(H2,26,29,30)(H2,38,39,40)/t14?,17?,18?,19?,23-/m1/s1. The van der Waals surface area contributed by atoms with E-state index in [1.165, 1.54) is 13.8 Å². The highest BCUT2D eigenvalue weighted by Gasteiger charge is 2.50. The van der Waals surface area contributed by atoms with Crippen molar-refractivity contribution >= 4 is 69.1 Å². The molecule has 10 N–H and O–H groups in total. The van der Waals surface area contributed by atoms with E-state index in [-0.39, 0.29) is 41.6 Å². The number of thioether (sulfide) groups is 1. The average Bonchev–Trinajstić information content (AvgIpc) is 3.60. The third kappa shape index (κ3) is 13.2. The van der Waals surface area contributed by atoms with Crippen molar-refractivity contribution in [3.8, 4) is 0 Å². The molecule has 1 aliphatic heterocycles. The maximum Gasteiger partial charge on any atom is 0.481 e. The first-order valence-electron chi connectivity index (χ1n) is 15.1. The van der Waals surface area contributed by atoms with Gasteiger partial charge in [-0.3, -0.25) is 32.5 Å². The van der Waals surface area contributed by atoms with Gasteiger partial charge in [0.1, 0.15) is 36.3 Å². The van der Waals surface area contributed by atoms with Gasteiger partial charge in [-0.25, -0.2) is 28.6 Å². The number of hydrogen-bond acceptors (Lipinski definition) is 18. The SMILES string of the molecule is C=C(C)C(=O)SCCNC(=O)CCNC(=O)C(O)C(C)(C)COP(=O)(O)OP(=O)(O)OCC1O[C@@H](n2cnc3c(N)ncnc32)C(O)C1OP(=O)(O)O. The molecule has 53 heavy (non-hydrogen) atoms. The lowest BCUT2D eigenvalue weighted by molar-refractivity contribution is -0.137. The Morgan fingerprint density at radius 3 is 2.40 bits per heavy atom. The molecular weight excluding hydrogens is 795 g/mol. The molecule has 0 bridgehead atoms. The molecule has 24 nitrogen and oxygen atoms in total. The highest BCUT2D eigenvalue weighted by atomic mass is 32.2. The first-order chi connectivity index (χ1) is 24.4. The van der Waals surface area contributed by atoms with Crippen LogP contribution < -0.4 is 16.4 Å². The number of anilines is 1.